The van der Waals surface area contributed by atoms with Crippen molar-refractivity contribution < 1.29 is 14.2 Å². The van der Waals surface area contributed by atoms with Crippen molar-refractivity contribution in [1.82, 2.24) is 0 Å². The van der Waals surface area contributed by atoms with Crippen LogP contribution in [0.1, 0.15) is 13.3 Å². The predicted octanol–water partition coefficient (Wildman–Crippen LogP) is 3.38. The lowest BCUT2D eigenvalue weighted by atomic mass is 10.2. The fraction of sp³-hybridized carbons (Fsp3) is 0.357. The number of aliphatic imine (C=N–C) groups is 1. The lowest BCUT2D eigenvalue weighted by Gasteiger charge is -2.12. The highest BCUT2D eigenvalue weighted by atomic mass is 16.5. The summed E-state index contributed by atoms with van der Waals surface area (Å²) in [5.41, 5.74) is 1.82. The van der Waals surface area contributed by atoms with Crippen molar-refractivity contribution in [2.75, 3.05) is 21.3 Å². The normalized spacial score (nSPS) is 10.4. The summed E-state index contributed by atoms with van der Waals surface area (Å²) in [5.74, 6) is 1.76. The van der Waals surface area contributed by atoms with Crippen LogP contribution in [0.2, 0.25) is 0 Å². The van der Waals surface area contributed by atoms with Crippen molar-refractivity contribution >= 4 is 11.9 Å². The quantitative estimate of drug-likeness (QED) is 0.573. The minimum Gasteiger partial charge on any atom is -0.493 e. The van der Waals surface area contributed by atoms with E-state index in [4.69, 9.17) is 14.2 Å². The van der Waals surface area contributed by atoms with E-state index >= 15 is 0 Å². The second-order valence-corrected chi connectivity index (χ2v) is 3.86. The summed E-state index contributed by atoms with van der Waals surface area (Å²) >= 11 is 0. The number of ether oxygens (including phenoxy) is 3. The predicted molar refractivity (Wildman–Crippen MR) is 73.7 cm³/mol. The first kappa shape index (κ1) is 14.1. The monoisotopic (exact) mass is 249 g/mol. The van der Waals surface area contributed by atoms with E-state index in [9.17, 15) is 0 Å². The largest absolute Gasteiger partial charge is 0.493 e. The van der Waals surface area contributed by atoms with Crippen LogP contribution >= 0.6 is 0 Å². The number of methoxy groups -OCH3 is 3. The average molecular weight is 249 g/mol. The molecule has 18 heavy (non-hydrogen) atoms. The van der Waals surface area contributed by atoms with E-state index in [0.29, 0.717) is 17.2 Å². The van der Waals surface area contributed by atoms with Crippen LogP contribution in [0.5, 0.6) is 17.2 Å². The molecule has 0 atom stereocenters. The van der Waals surface area contributed by atoms with Gasteiger partial charge in [0, 0.05) is 24.8 Å². The maximum Gasteiger partial charge on any atom is 0.203 e. The number of hydrogen-bond acceptors (Lipinski definition) is 4. The maximum absolute atomic E-state index is 5.25. The highest BCUT2D eigenvalue weighted by Gasteiger charge is 2.12. The minimum absolute atomic E-state index is 0.568. The molecule has 1 aromatic carbocycles. The standard InChI is InChI=1S/C14H19NO3/c1-10(2)6-7-15-11-8-12(16-3)14(18-5)13(9-11)17-4/h7-9H,1,6H2,2-5H3. The molecule has 1 aromatic rings. The minimum atomic E-state index is 0.568. The number of nitrogens with zero attached hydrogens (tertiary/aromatic N) is 1. The van der Waals surface area contributed by atoms with Crippen LogP contribution < -0.4 is 14.2 Å². The zero-order valence-electron chi connectivity index (χ0n) is 11.3. The van der Waals surface area contributed by atoms with Gasteiger partial charge in [-0.1, -0.05) is 12.2 Å². The second-order valence-electron chi connectivity index (χ2n) is 3.86. The van der Waals surface area contributed by atoms with Crippen LogP contribution in [0.15, 0.2) is 29.3 Å². The van der Waals surface area contributed by atoms with Crippen LogP contribution in [-0.4, -0.2) is 27.5 Å². The Hall–Kier alpha value is -1.97. The third kappa shape index (κ3) is 3.52. The molecule has 0 saturated carbocycles. The number of hydrogen-bond donors (Lipinski definition) is 0. The van der Waals surface area contributed by atoms with E-state index in [1.54, 1.807) is 33.5 Å². The van der Waals surface area contributed by atoms with E-state index in [0.717, 1.165) is 17.7 Å². The molecule has 4 nitrogen and oxygen atoms in total. The molecular weight excluding hydrogens is 230 g/mol. The van der Waals surface area contributed by atoms with Crippen LogP contribution in [0, 0.1) is 0 Å². The van der Waals surface area contributed by atoms with Gasteiger partial charge < -0.3 is 14.2 Å². The molecule has 0 heterocycles. The Bertz CT molecular complexity index is 427. The van der Waals surface area contributed by atoms with Gasteiger partial charge in [0.05, 0.1) is 27.0 Å². The number of allylic oxidation sites excluding steroid dienone is 1. The molecule has 0 N–H and O–H groups in total. The first-order chi connectivity index (χ1) is 8.62. The Morgan fingerprint density at radius 1 is 1.17 bits per heavy atom. The van der Waals surface area contributed by atoms with Crippen molar-refractivity contribution in [1.29, 1.82) is 0 Å². The third-order valence-electron chi connectivity index (χ3n) is 2.33. The molecule has 0 amide bonds. The Morgan fingerprint density at radius 3 is 2.11 bits per heavy atom. The molecule has 0 saturated heterocycles. The van der Waals surface area contributed by atoms with Gasteiger partial charge in [0.1, 0.15) is 0 Å². The molecule has 98 valence electrons. The zero-order valence-corrected chi connectivity index (χ0v) is 11.3. The van der Waals surface area contributed by atoms with E-state index in [2.05, 4.69) is 11.6 Å². The van der Waals surface area contributed by atoms with Gasteiger partial charge in [-0.15, -0.1) is 0 Å². The molecule has 0 aliphatic heterocycles. The van der Waals surface area contributed by atoms with E-state index in [1.165, 1.54) is 0 Å². The molecule has 4 heteroatoms. The SMILES string of the molecule is C=C(C)CC=Nc1cc(OC)c(OC)c(OC)c1. The van der Waals surface area contributed by atoms with Gasteiger partial charge in [-0.05, 0) is 6.92 Å². The van der Waals surface area contributed by atoms with Crippen molar-refractivity contribution in [2.24, 2.45) is 4.99 Å². The first-order valence-corrected chi connectivity index (χ1v) is 5.59. The fourth-order valence-corrected chi connectivity index (χ4v) is 1.45. The van der Waals surface area contributed by atoms with Gasteiger partial charge in [-0.25, -0.2) is 0 Å². The van der Waals surface area contributed by atoms with Gasteiger partial charge in [-0.3, -0.25) is 4.99 Å². The lowest BCUT2D eigenvalue weighted by Crippen LogP contribution is -1.94. The van der Waals surface area contributed by atoms with Gasteiger partial charge in [0.2, 0.25) is 5.75 Å². The van der Waals surface area contributed by atoms with Crippen molar-refractivity contribution in [3.8, 4) is 17.2 Å². The maximum atomic E-state index is 5.25. The van der Waals surface area contributed by atoms with Gasteiger partial charge >= 0.3 is 0 Å². The molecule has 0 radical (unpaired) electrons. The Morgan fingerprint density at radius 2 is 1.72 bits per heavy atom. The Kier molecular flexibility index (Phi) is 5.24. The summed E-state index contributed by atoms with van der Waals surface area (Å²) in [6, 6.07) is 3.60. The molecular formula is C14H19NO3. The summed E-state index contributed by atoms with van der Waals surface area (Å²) in [4.78, 5) is 4.34. The van der Waals surface area contributed by atoms with Crippen molar-refractivity contribution in [3.05, 3.63) is 24.3 Å². The number of rotatable bonds is 6. The number of benzene rings is 1. The first-order valence-electron chi connectivity index (χ1n) is 5.59. The van der Waals surface area contributed by atoms with E-state index in [1.807, 2.05) is 13.1 Å². The molecule has 0 spiro atoms. The Balaban J connectivity index is 3.07. The van der Waals surface area contributed by atoms with Gasteiger partial charge in [0.15, 0.2) is 11.5 Å². The summed E-state index contributed by atoms with van der Waals surface area (Å²) in [7, 11) is 4.74. The molecule has 0 unspecified atom stereocenters. The Labute approximate surface area is 108 Å². The fourth-order valence-electron chi connectivity index (χ4n) is 1.45. The molecule has 0 bridgehead atoms. The van der Waals surface area contributed by atoms with Gasteiger partial charge in [0.25, 0.3) is 0 Å². The summed E-state index contributed by atoms with van der Waals surface area (Å²) in [5, 5.41) is 0. The van der Waals surface area contributed by atoms with Crippen molar-refractivity contribution in [3.63, 3.8) is 0 Å². The van der Waals surface area contributed by atoms with Crippen LogP contribution in [0.4, 0.5) is 5.69 Å². The van der Waals surface area contributed by atoms with Crippen LogP contribution in [-0.2, 0) is 0 Å². The highest BCUT2D eigenvalue weighted by molar-refractivity contribution is 5.69. The topological polar surface area (TPSA) is 40.0 Å². The third-order valence-corrected chi connectivity index (χ3v) is 2.33. The summed E-state index contributed by atoms with van der Waals surface area (Å²) in [6.45, 7) is 5.78. The van der Waals surface area contributed by atoms with E-state index in [-0.39, 0.29) is 0 Å². The van der Waals surface area contributed by atoms with E-state index < -0.39 is 0 Å². The summed E-state index contributed by atoms with van der Waals surface area (Å²) in [6.07, 6.45) is 2.56. The summed E-state index contributed by atoms with van der Waals surface area (Å²) < 4.78 is 15.7. The molecule has 0 fully saturated rings. The molecule has 0 aliphatic rings. The van der Waals surface area contributed by atoms with Crippen LogP contribution in [0.25, 0.3) is 0 Å². The average Bonchev–Trinajstić information content (AvgIpc) is 2.36. The van der Waals surface area contributed by atoms with Crippen molar-refractivity contribution in [2.45, 2.75) is 13.3 Å². The highest BCUT2D eigenvalue weighted by Crippen LogP contribution is 2.40. The molecule has 0 aliphatic carbocycles. The zero-order chi connectivity index (χ0) is 13.5. The second kappa shape index (κ2) is 6.69. The van der Waals surface area contributed by atoms with Gasteiger partial charge in [-0.2, -0.15) is 0 Å². The molecule has 1 rings (SSSR count). The van der Waals surface area contributed by atoms with Crippen LogP contribution in [0.3, 0.4) is 0 Å². The molecule has 0 aromatic heterocycles. The smallest absolute Gasteiger partial charge is 0.203 e. The lowest BCUT2D eigenvalue weighted by molar-refractivity contribution is 0.324.